The Morgan fingerprint density at radius 1 is 0.889 bits per heavy atom. The quantitative estimate of drug-likeness (QED) is 0.720. The highest BCUT2D eigenvalue weighted by molar-refractivity contribution is 6.06. The Kier molecular flexibility index (Phi) is 4.77. The van der Waals surface area contributed by atoms with E-state index in [2.05, 4.69) is 29.2 Å². The summed E-state index contributed by atoms with van der Waals surface area (Å²) in [6.07, 6.45) is 1.67. The van der Waals surface area contributed by atoms with Crippen LogP contribution >= 0.6 is 0 Å². The first kappa shape index (κ1) is 17.5. The summed E-state index contributed by atoms with van der Waals surface area (Å²) in [7, 11) is 1.70. The second kappa shape index (κ2) is 7.37. The van der Waals surface area contributed by atoms with E-state index in [0.717, 1.165) is 25.0 Å². The third-order valence-electron chi connectivity index (χ3n) is 5.23. The van der Waals surface area contributed by atoms with Crippen LogP contribution in [0.25, 0.3) is 10.8 Å². The molecule has 0 unspecified atom stereocenters. The highest BCUT2D eigenvalue weighted by Gasteiger charge is 2.24. The number of aryl methyl sites for hydroxylation is 1. The molecular formula is C22H23N3O2. The molecule has 0 atom stereocenters. The molecule has 0 spiro atoms. The summed E-state index contributed by atoms with van der Waals surface area (Å²) < 4.78 is 1.50. The van der Waals surface area contributed by atoms with Crippen molar-refractivity contribution in [2.24, 2.45) is 7.05 Å². The van der Waals surface area contributed by atoms with Gasteiger partial charge < -0.3 is 9.47 Å². The fourth-order valence-electron chi connectivity index (χ4n) is 3.71. The Balaban J connectivity index is 1.51. The van der Waals surface area contributed by atoms with E-state index in [0.29, 0.717) is 24.0 Å². The number of amides is 1. The lowest BCUT2D eigenvalue weighted by Crippen LogP contribution is -2.48. The molecule has 0 bridgehead atoms. The third-order valence-corrected chi connectivity index (χ3v) is 5.23. The maximum absolute atomic E-state index is 13.1. The van der Waals surface area contributed by atoms with E-state index in [-0.39, 0.29) is 11.5 Å². The van der Waals surface area contributed by atoms with Crippen LogP contribution in [0.15, 0.2) is 65.6 Å². The second-order valence-corrected chi connectivity index (χ2v) is 7.06. The van der Waals surface area contributed by atoms with E-state index < -0.39 is 0 Å². The van der Waals surface area contributed by atoms with Crippen LogP contribution in [0.3, 0.4) is 0 Å². The van der Waals surface area contributed by atoms with Crippen LogP contribution in [0, 0.1) is 0 Å². The minimum Gasteiger partial charge on any atom is -0.336 e. The van der Waals surface area contributed by atoms with Gasteiger partial charge in [0.15, 0.2) is 0 Å². The zero-order chi connectivity index (χ0) is 18.8. The van der Waals surface area contributed by atoms with Crippen molar-refractivity contribution in [2.45, 2.75) is 6.54 Å². The van der Waals surface area contributed by atoms with Crippen molar-refractivity contribution >= 4 is 16.7 Å². The van der Waals surface area contributed by atoms with Crippen LogP contribution in [0.2, 0.25) is 0 Å². The van der Waals surface area contributed by atoms with E-state index in [4.69, 9.17) is 0 Å². The van der Waals surface area contributed by atoms with E-state index in [1.807, 2.05) is 29.2 Å². The van der Waals surface area contributed by atoms with Gasteiger partial charge in [0, 0.05) is 56.7 Å². The van der Waals surface area contributed by atoms with Crippen molar-refractivity contribution in [1.82, 2.24) is 14.4 Å². The highest BCUT2D eigenvalue weighted by Crippen LogP contribution is 2.18. The molecule has 3 aromatic rings. The van der Waals surface area contributed by atoms with Crippen LogP contribution in [0.4, 0.5) is 0 Å². The summed E-state index contributed by atoms with van der Waals surface area (Å²) in [4.78, 5) is 29.7. The molecule has 4 rings (SSSR count). The van der Waals surface area contributed by atoms with Gasteiger partial charge in [-0.15, -0.1) is 0 Å². The monoisotopic (exact) mass is 361 g/mol. The smallest absolute Gasteiger partial charge is 0.258 e. The largest absolute Gasteiger partial charge is 0.336 e. The van der Waals surface area contributed by atoms with Crippen LogP contribution in [-0.4, -0.2) is 46.5 Å². The molecule has 1 saturated heterocycles. The van der Waals surface area contributed by atoms with Gasteiger partial charge in [-0.05, 0) is 11.6 Å². The third kappa shape index (κ3) is 3.51. The first-order valence-electron chi connectivity index (χ1n) is 9.27. The van der Waals surface area contributed by atoms with Gasteiger partial charge >= 0.3 is 0 Å². The normalized spacial score (nSPS) is 15.2. The molecule has 2 aromatic carbocycles. The number of aromatic nitrogens is 1. The molecule has 0 aliphatic carbocycles. The van der Waals surface area contributed by atoms with E-state index >= 15 is 0 Å². The Morgan fingerprint density at radius 2 is 1.52 bits per heavy atom. The van der Waals surface area contributed by atoms with Gasteiger partial charge in [0.25, 0.3) is 11.5 Å². The molecule has 5 heteroatoms. The lowest BCUT2D eigenvalue weighted by molar-refractivity contribution is 0.0629. The second-order valence-electron chi connectivity index (χ2n) is 7.06. The summed E-state index contributed by atoms with van der Waals surface area (Å²) in [6, 6.07) is 17.7. The van der Waals surface area contributed by atoms with Gasteiger partial charge in [-0.25, -0.2) is 0 Å². The van der Waals surface area contributed by atoms with Gasteiger partial charge in [0.05, 0.1) is 5.56 Å². The number of fused-ring (bicyclic) bond motifs is 1. The zero-order valence-corrected chi connectivity index (χ0v) is 15.5. The average Bonchev–Trinajstić information content (AvgIpc) is 2.71. The minimum absolute atomic E-state index is 0.00108. The maximum atomic E-state index is 13.1. The molecule has 1 fully saturated rings. The summed E-state index contributed by atoms with van der Waals surface area (Å²) in [5.41, 5.74) is 1.82. The number of hydrogen-bond donors (Lipinski definition) is 0. The Morgan fingerprint density at radius 3 is 2.22 bits per heavy atom. The van der Waals surface area contributed by atoms with Crippen molar-refractivity contribution in [3.63, 3.8) is 0 Å². The van der Waals surface area contributed by atoms with Crippen molar-refractivity contribution < 1.29 is 4.79 Å². The fourth-order valence-corrected chi connectivity index (χ4v) is 3.71. The Labute approximate surface area is 158 Å². The van der Waals surface area contributed by atoms with Crippen molar-refractivity contribution in [2.75, 3.05) is 26.2 Å². The first-order chi connectivity index (χ1) is 13.1. The van der Waals surface area contributed by atoms with Gasteiger partial charge in [0.1, 0.15) is 0 Å². The van der Waals surface area contributed by atoms with Crippen LogP contribution < -0.4 is 5.56 Å². The molecule has 2 heterocycles. The van der Waals surface area contributed by atoms with Crippen LogP contribution in [0.5, 0.6) is 0 Å². The Bertz CT molecular complexity index is 1020. The lowest BCUT2D eigenvalue weighted by Gasteiger charge is -2.35. The molecule has 1 aromatic heterocycles. The van der Waals surface area contributed by atoms with Crippen LogP contribution in [-0.2, 0) is 13.6 Å². The molecule has 1 aliphatic heterocycles. The number of hydrogen-bond acceptors (Lipinski definition) is 3. The predicted octanol–water partition coefficient (Wildman–Crippen LogP) is 2.50. The number of carbonyl (C=O) groups is 1. The number of benzene rings is 2. The van der Waals surface area contributed by atoms with Crippen molar-refractivity contribution in [1.29, 1.82) is 0 Å². The number of carbonyl (C=O) groups excluding carboxylic acids is 1. The van der Waals surface area contributed by atoms with Crippen molar-refractivity contribution in [3.05, 3.63) is 82.3 Å². The molecule has 0 N–H and O–H groups in total. The number of nitrogens with zero attached hydrogens (tertiary/aromatic N) is 3. The number of pyridine rings is 1. The molecule has 138 valence electrons. The van der Waals surface area contributed by atoms with Crippen molar-refractivity contribution in [3.8, 4) is 0 Å². The summed E-state index contributed by atoms with van der Waals surface area (Å²) in [6.45, 7) is 4.01. The maximum Gasteiger partial charge on any atom is 0.258 e. The first-order valence-corrected chi connectivity index (χ1v) is 9.27. The average molecular weight is 361 g/mol. The summed E-state index contributed by atoms with van der Waals surface area (Å²) in [5, 5.41) is 1.32. The van der Waals surface area contributed by atoms with Crippen LogP contribution in [0.1, 0.15) is 15.9 Å². The molecule has 0 radical (unpaired) electrons. The van der Waals surface area contributed by atoms with Gasteiger partial charge in [-0.2, -0.15) is 0 Å². The van der Waals surface area contributed by atoms with E-state index in [9.17, 15) is 9.59 Å². The molecular weight excluding hydrogens is 338 g/mol. The van der Waals surface area contributed by atoms with E-state index in [1.54, 1.807) is 19.3 Å². The number of rotatable bonds is 3. The summed E-state index contributed by atoms with van der Waals surface area (Å²) >= 11 is 0. The highest BCUT2D eigenvalue weighted by atomic mass is 16.2. The Hall–Kier alpha value is -2.92. The van der Waals surface area contributed by atoms with Gasteiger partial charge in [-0.3, -0.25) is 14.5 Å². The zero-order valence-electron chi connectivity index (χ0n) is 15.5. The molecule has 5 nitrogen and oxygen atoms in total. The minimum atomic E-state index is -0.0742. The van der Waals surface area contributed by atoms with Gasteiger partial charge in [0.2, 0.25) is 0 Å². The fraction of sp³-hybridized carbons (Fsp3) is 0.273. The SMILES string of the molecule is Cn1cc(C(=O)N2CCN(Cc3ccccc3)CC2)c2ccccc2c1=O. The molecule has 0 saturated carbocycles. The molecule has 27 heavy (non-hydrogen) atoms. The summed E-state index contributed by atoms with van der Waals surface area (Å²) in [5.74, 6) is 0.00108. The van der Waals surface area contributed by atoms with Gasteiger partial charge in [-0.1, -0.05) is 48.5 Å². The molecule has 1 aliphatic rings. The van der Waals surface area contributed by atoms with E-state index in [1.165, 1.54) is 10.1 Å². The topological polar surface area (TPSA) is 45.6 Å². The molecule has 1 amide bonds. The number of piperazine rings is 1. The standard InChI is InChI=1S/C22H23N3O2/c1-23-16-20(18-9-5-6-10-19(18)21(23)26)22(27)25-13-11-24(12-14-25)15-17-7-3-2-4-8-17/h2-10,16H,11-15H2,1H3. The predicted molar refractivity (Wildman–Crippen MR) is 107 cm³/mol. The lowest BCUT2D eigenvalue weighted by atomic mass is 10.1.